The molecule has 0 spiro atoms. The zero-order valence-electron chi connectivity index (χ0n) is 13.3. The molecular weight excluding hydrogens is 254 g/mol. The van der Waals surface area contributed by atoms with Crippen LogP contribution in [0.1, 0.15) is 56.3 Å². The second-order valence-electron chi connectivity index (χ2n) is 6.03. The molecule has 114 valence electrons. The van der Waals surface area contributed by atoms with Crippen molar-refractivity contribution in [2.45, 2.75) is 52.0 Å². The number of nitrogens with one attached hydrogen (secondary N) is 1. The van der Waals surface area contributed by atoms with Crippen molar-refractivity contribution in [1.29, 1.82) is 0 Å². The van der Waals surface area contributed by atoms with E-state index in [0.717, 1.165) is 18.6 Å². The van der Waals surface area contributed by atoms with Gasteiger partial charge in [-0.1, -0.05) is 24.9 Å². The van der Waals surface area contributed by atoms with E-state index in [4.69, 9.17) is 4.52 Å². The Labute approximate surface area is 121 Å². The molecule has 5 nitrogen and oxygen atoms in total. The minimum absolute atomic E-state index is 0.0939. The highest BCUT2D eigenvalue weighted by molar-refractivity contribution is 5.92. The molecule has 0 aliphatic rings. The largest absolute Gasteiger partial charge is 0.361 e. The highest BCUT2D eigenvalue weighted by Crippen LogP contribution is 2.10. The standard InChI is InChI=1S/C15H27N3O2/c1-6-7-8-9-12-10-13(17-20-12)14(19)16-11-15(2,3)18(4)5/h10H,6-9,11H2,1-5H3,(H,16,19). The molecule has 1 heterocycles. The molecule has 0 atom stereocenters. The summed E-state index contributed by atoms with van der Waals surface area (Å²) in [7, 11) is 3.99. The van der Waals surface area contributed by atoms with Crippen molar-refractivity contribution in [3.63, 3.8) is 0 Å². The lowest BCUT2D eigenvalue weighted by Gasteiger charge is -2.32. The van der Waals surface area contributed by atoms with E-state index in [1.54, 1.807) is 6.07 Å². The lowest BCUT2D eigenvalue weighted by Crippen LogP contribution is -2.48. The van der Waals surface area contributed by atoms with Gasteiger partial charge in [-0.15, -0.1) is 0 Å². The number of rotatable bonds is 8. The van der Waals surface area contributed by atoms with Crippen LogP contribution < -0.4 is 5.32 Å². The SMILES string of the molecule is CCCCCc1cc(C(=O)NCC(C)(C)N(C)C)no1. The van der Waals surface area contributed by atoms with Crippen molar-refractivity contribution in [3.8, 4) is 0 Å². The smallest absolute Gasteiger partial charge is 0.273 e. The number of hydrogen-bond acceptors (Lipinski definition) is 4. The van der Waals surface area contributed by atoms with Gasteiger partial charge < -0.3 is 14.7 Å². The maximum atomic E-state index is 12.0. The van der Waals surface area contributed by atoms with E-state index >= 15 is 0 Å². The summed E-state index contributed by atoms with van der Waals surface area (Å²) < 4.78 is 5.19. The topological polar surface area (TPSA) is 58.4 Å². The third-order valence-corrected chi connectivity index (χ3v) is 3.71. The molecular formula is C15H27N3O2. The Morgan fingerprint density at radius 2 is 2.10 bits per heavy atom. The van der Waals surface area contributed by atoms with Crippen molar-refractivity contribution in [3.05, 3.63) is 17.5 Å². The van der Waals surface area contributed by atoms with Gasteiger partial charge in [-0.25, -0.2) is 0 Å². The van der Waals surface area contributed by atoms with Crippen LogP contribution in [0.3, 0.4) is 0 Å². The number of likely N-dealkylation sites (N-methyl/N-ethyl adjacent to an activating group) is 1. The quantitative estimate of drug-likeness (QED) is 0.744. The summed E-state index contributed by atoms with van der Waals surface area (Å²) >= 11 is 0. The fraction of sp³-hybridized carbons (Fsp3) is 0.733. The molecule has 5 heteroatoms. The molecule has 0 aliphatic heterocycles. The van der Waals surface area contributed by atoms with E-state index in [1.807, 2.05) is 14.1 Å². The average molecular weight is 281 g/mol. The van der Waals surface area contributed by atoms with Crippen LogP contribution in [-0.2, 0) is 6.42 Å². The molecule has 0 saturated heterocycles. The molecule has 0 bridgehead atoms. The molecule has 0 unspecified atom stereocenters. The summed E-state index contributed by atoms with van der Waals surface area (Å²) in [6, 6.07) is 1.74. The molecule has 1 N–H and O–H groups in total. The van der Waals surface area contributed by atoms with Gasteiger partial charge in [-0.3, -0.25) is 4.79 Å². The Morgan fingerprint density at radius 3 is 2.70 bits per heavy atom. The Kier molecular flexibility index (Phi) is 6.20. The number of nitrogens with zero attached hydrogens (tertiary/aromatic N) is 2. The Bertz CT molecular complexity index is 425. The maximum Gasteiger partial charge on any atom is 0.273 e. The highest BCUT2D eigenvalue weighted by atomic mass is 16.5. The zero-order chi connectivity index (χ0) is 15.2. The second-order valence-corrected chi connectivity index (χ2v) is 6.03. The minimum Gasteiger partial charge on any atom is -0.361 e. The van der Waals surface area contributed by atoms with Gasteiger partial charge in [0.15, 0.2) is 5.69 Å². The summed E-state index contributed by atoms with van der Waals surface area (Å²) in [5, 5.41) is 6.74. The first-order valence-electron chi connectivity index (χ1n) is 7.28. The number of aromatic nitrogens is 1. The van der Waals surface area contributed by atoms with Crippen molar-refractivity contribution in [2.24, 2.45) is 0 Å². The molecule has 0 fully saturated rings. The minimum atomic E-state index is -0.176. The van der Waals surface area contributed by atoms with Crippen LogP contribution in [0, 0.1) is 0 Å². The first kappa shape index (κ1) is 16.7. The van der Waals surface area contributed by atoms with E-state index in [2.05, 4.69) is 36.1 Å². The fourth-order valence-corrected chi connectivity index (χ4v) is 1.63. The van der Waals surface area contributed by atoms with Crippen molar-refractivity contribution in [1.82, 2.24) is 15.4 Å². The van der Waals surface area contributed by atoms with Crippen LogP contribution in [0.4, 0.5) is 0 Å². The predicted molar refractivity (Wildman–Crippen MR) is 79.8 cm³/mol. The van der Waals surface area contributed by atoms with Gasteiger partial charge in [0.2, 0.25) is 0 Å². The maximum absolute atomic E-state index is 12.0. The van der Waals surface area contributed by atoms with Crippen LogP contribution in [-0.4, -0.2) is 42.1 Å². The third-order valence-electron chi connectivity index (χ3n) is 3.71. The van der Waals surface area contributed by atoms with Crippen LogP contribution in [0.25, 0.3) is 0 Å². The molecule has 0 saturated carbocycles. The normalized spacial score (nSPS) is 11.9. The molecule has 1 aromatic heterocycles. The molecule has 0 radical (unpaired) electrons. The number of carbonyl (C=O) groups is 1. The van der Waals surface area contributed by atoms with Gasteiger partial charge in [-0.2, -0.15) is 0 Å². The predicted octanol–water partition coefficient (Wildman–Crippen LogP) is 2.48. The lowest BCUT2D eigenvalue weighted by atomic mass is 10.0. The summed E-state index contributed by atoms with van der Waals surface area (Å²) in [5.41, 5.74) is 0.273. The third kappa shape index (κ3) is 4.96. The molecule has 20 heavy (non-hydrogen) atoms. The van der Waals surface area contributed by atoms with Gasteiger partial charge in [0.05, 0.1) is 0 Å². The summed E-state index contributed by atoms with van der Waals surface area (Å²) in [4.78, 5) is 14.1. The first-order valence-corrected chi connectivity index (χ1v) is 7.28. The Hall–Kier alpha value is -1.36. The van der Waals surface area contributed by atoms with Gasteiger partial charge in [0, 0.05) is 24.6 Å². The molecule has 1 aromatic rings. The zero-order valence-corrected chi connectivity index (χ0v) is 13.3. The van der Waals surface area contributed by atoms with Gasteiger partial charge >= 0.3 is 0 Å². The van der Waals surface area contributed by atoms with Crippen LogP contribution in [0.2, 0.25) is 0 Å². The summed E-state index contributed by atoms with van der Waals surface area (Å²) in [6.45, 7) is 6.88. The van der Waals surface area contributed by atoms with Crippen LogP contribution in [0.15, 0.2) is 10.6 Å². The monoisotopic (exact) mass is 281 g/mol. The molecule has 0 aliphatic carbocycles. The van der Waals surface area contributed by atoms with E-state index in [0.29, 0.717) is 12.2 Å². The van der Waals surface area contributed by atoms with Crippen molar-refractivity contribution < 1.29 is 9.32 Å². The van der Waals surface area contributed by atoms with E-state index in [9.17, 15) is 4.79 Å². The fourth-order valence-electron chi connectivity index (χ4n) is 1.63. The van der Waals surface area contributed by atoms with Gasteiger partial charge in [-0.05, 0) is 34.4 Å². The Balaban J connectivity index is 2.48. The number of hydrogen-bond donors (Lipinski definition) is 1. The average Bonchev–Trinajstić information content (AvgIpc) is 2.85. The first-order chi connectivity index (χ1) is 9.36. The van der Waals surface area contributed by atoms with E-state index in [1.165, 1.54) is 12.8 Å². The lowest BCUT2D eigenvalue weighted by molar-refractivity contribution is 0.0910. The van der Waals surface area contributed by atoms with Gasteiger partial charge in [0.1, 0.15) is 5.76 Å². The Morgan fingerprint density at radius 1 is 1.40 bits per heavy atom. The number of aryl methyl sites for hydroxylation is 1. The number of unbranched alkanes of at least 4 members (excludes halogenated alkanes) is 2. The number of amides is 1. The van der Waals surface area contributed by atoms with Crippen LogP contribution >= 0.6 is 0 Å². The van der Waals surface area contributed by atoms with Crippen molar-refractivity contribution in [2.75, 3.05) is 20.6 Å². The van der Waals surface area contributed by atoms with Gasteiger partial charge in [0.25, 0.3) is 5.91 Å². The molecule has 1 amide bonds. The second kappa shape index (κ2) is 7.43. The van der Waals surface area contributed by atoms with E-state index in [-0.39, 0.29) is 11.4 Å². The van der Waals surface area contributed by atoms with Crippen molar-refractivity contribution >= 4 is 5.91 Å². The number of carbonyl (C=O) groups excluding carboxylic acids is 1. The highest BCUT2D eigenvalue weighted by Gasteiger charge is 2.22. The molecule has 1 rings (SSSR count). The molecule has 0 aromatic carbocycles. The summed E-state index contributed by atoms with van der Waals surface area (Å²) in [6.07, 6.45) is 4.25. The summed E-state index contributed by atoms with van der Waals surface area (Å²) in [5.74, 6) is 0.612. The van der Waals surface area contributed by atoms with Crippen LogP contribution in [0.5, 0.6) is 0 Å². The van der Waals surface area contributed by atoms with E-state index < -0.39 is 0 Å².